The van der Waals surface area contributed by atoms with Gasteiger partial charge >= 0.3 is 7.12 Å². The molecule has 3 saturated carbocycles. The lowest BCUT2D eigenvalue weighted by molar-refractivity contribution is -0.199. The van der Waals surface area contributed by atoms with Crippen molar-refractivity contribution in [2.75, 3.05) is 26.2 Å². The Labute approximate surface area is 163 Å². The van der Waals surface area contributed by atoms with Crippen molar-refractivity contribution in [3.05, 3.63) is 0 Å². The number of amides is 1. The second-order valence-electron chi connectivity index (χ2n) is 10.2. The lowest BCUT2D eigenvalue weighted by Gasteiger charge is -2.64. The Morgan fingerprint density at radius 1 is 1.30 bits per heavy atom. The number of nitrogens with one attached hydrogen (secondary N) is 2. The molecule has 3 aliphatic carbocycles. The standard InChI is InChI=1S/C20H34BN3O3/c1-19(2)13-9-15(19)20(3)16(10-13)26-21(27-20)17-5-4-8-24(17)18(25)12-23-14-6-7-22-11-14/h13-17,22-23H,4-12H2,1-3H3/t13-,14+,15-,16+,17-,20-/m0/s1. The smallest absolute Gasteiger partial charge is 0.404 e. The average Bonchev–Trinajstić information content (AvgIpc) is 3.36. The van der Waals surface area contributed by atoms with E-state index in [1.165, 1.54) is 6.42 Å². The summed E-state index contributed by atoms with van der Waals surface area (Å²) in [5.74, 6) is 1.60. The predicted molar refractivity (Wildman–Crippen MR) is 104 cm³/mol. The third-order valence-corrected chi connectivity index (χ3v) is 8.50. The molecule has 6 atom stereocenters. The van der Waals surface area contributed by atoms with Crippen molar-refractivity contribution in [1.29, 1.82) is 0 Å². The van der Waals surface area contributed by atoms with E-state index in [1.807, 2.05) is 4.90 Å². The van der Waals surface area contributed by atoms with Gasteiger partial charge in [-0.05, 0) is 62.8 Å². The molecule has 3 heterocycles. The highest BCUT2D eigenvalue weighted by molar-refractivity contribution is 6.48. The van der Waals surface area contributed by atoms with Gasteiger partial charge in [0.2, 0.25) is 5.91 Å². The average molecular weight is 375 g/mol. The van der Waals surface area contributed by atoms with Gasteiger partial charge in [0, 0.05) is 19.1 Å². The summed E-state index contributed by atoms with van der Waals surface area (Å²) in [5, 5.41) is 6.75. The monoisotopic (exact) mass is 375 g/mol. The van der Waals surface area contributed by atoms with Crippen molar-refractivity contribution < 1.29 is 14.1 Å². The van der Waals surface area contributed by atoms with E-state index >= 15 is 0 Å². The molecule has 0 aromatic heterocycles. The van der Waals surface area contributed by atoms with Crippen molar-refractivity contribution in [2.24, 2.45) is 17.3 Å². The van der Waals surface area contributed by atoms with Gasteiger partial charge in [0.25, 0.3) is 0 Å². The summed E-state index contributed by atoms with van der Waals surface area (Å²) >= 11 is 0. The Morgan fingerprint density at radius 3 is 2.89 bits per heavy atom. The number of carbonyl (C=O) groups excluding carboxylic acids is 1. The second-order valence-corrected chi connectivity index (χ2v) is 10.2. The van der Waals surface area contributed by atoms with Crippen LogP contribution in [0.3, 0.4) is 0 Å². The molecule has 0 aromatic rings. The summed E-state index contributed by atoms with van der Waals surface area (Å²) in [6.07, 6.45) is 5.70. The van der Waals surface area contributed by atoms with Crippen molar-refractivity contribution >= 4 is 13.0 Å². The van der Waals surface area contributed by atoms with Gasteiger partial charge in [0.15, 0.2) is 0 Å². The highest BCUT2D eigenvalue weighted by atomic mass is 16.7. The molecular weight excluding hydrogens is 341 g/mol. The van der Waals surface area contributed by atoms with Crippen LogP contribution < -0.4 is 10.6 Å². The maximum Gasteiger partial charge on any atom is 0.481 e. The number of hydrogen-bond donors (Lipinski definition) is 2. The van der Waals surface area contributed by atoms with Crippen LogP contribution in [0.2, 0.25) is 0 Å². The Balaban J connectivity index is 1.24. The topological polar surface area (TPSA) is 62.8 Å². The Morgan fingerprint density at radius 2 is 2.15 bits per heavy atom. The van der Waals surface area contributed by atoms with Crippen LogP contribution in [0.25, 0.3) is 0 Å². The van der Waals surface area contributed by atoms with Crippen molar-refractivity contribution in [2.45, 2.75) is 76.6 Å². The van der Waals surface area contributed by atoms with Crippen LogP contribution >= 0.6 is 0 Å². The third-order valence-electron chi connectivity index (χ3n) is 8.50. The van der Waals surface area contributed by atoms with E-state index < -0.39 is 0 Å². The summed E-state index contributed by atoms with van der Waals surface area (Å²) < 4.78 is 13.1. The van der Waals surface area contributed by atoms with Crippen LogP contribution in [0, 0.1) is 17.3 Å². The summed E-state index contributed by atoms with van der Waals surface area (Å²) in [6, 6.07) is 0.421. The quantitative estimate of drug-likeness (QED) is 0.723. The normalized spacial score (nSPS) is 45.1. The zero-order valence-electron chi connectivity index (χ0n) is 17.0. The molecule has 2 N–H and O–H groups in total. The van der Waals surface area contributed by atoms with E-state index in [1.54, 1.807) is 0 Å². The van der Waals surface area contributed by atoms with Crippen LogP contribution in [0.15, 0.2) is 0 Å². The maximum atomic E-state index is 12.9. The van der Waals surface area contributed by atoms with Crippen molar-refractivity contribution in [3.63, 3.8) is 0 Å². The Bertz CT molecular complexity index is 611. The molecule has 3 aliphatic heterocycles. The number of carbonyl (C=O) groups is 1. The third kappa shape index (κ3) is 2.80. The van der Waals surface area contributed by atoms with E-state index in [0.29, 0.717) is 23.9 Å². The second kappa shape index (κ2) is 6.44. The molecule has 27 heavy (non-hydrogen) atoms. The first-order valence-corrected chi connectivity index (χ1v) is 11.0. The molecule has 6 rings (SSSR count). The number of nitrogens with zero attached hydrogens (tertiary/aromatic N) is 1. The predicted octanol–water partition coefficient (Wildman–Crippen LogP) is 1.20. The molecule has 0 radical (unpaired) electrons. The minimum absolute atomic E-state index is 0.0729. The Kier molecular flexibility index (Phi) is 4.39. The molecule has 6 nitrogen and oxygen atoms in total. The molecule has 2 bridgehead atoms. The highest BCUT2D eigenvalue weighted by Gasteiger charge is 2.69. The van der Waals surface area contributed by atoms with Crippen LogP contribution in [0.1, 0.15) is 52.9 Å². The first-order chi connectivity index (χ1) is 12.9. The first-order valence-electron chi connectivity index (χ1n) is 11.0. The zero-order chi connectivity index (χ0) is 18.8. The molecule has 7 heteroatoms. The van der Waals surface area contributed by atoms with Gasteiger partial charge in [-0.25, -0.2) is 0 Å². The molecule has 0 spiro atoms. The molecule has 0 aromatic carbocycles. The fraction of sp³-hybridized carbons (Fsp3) is 0.950. The van der Waals surface area contributed by atoms with Crippen LogP contribution in [-0.4, -0.2) is 67.8 Å². The molecule has 6 fully saturated rings. The minimum atomic E-state index is -0.255. The maximum absolute atomic E-state index is 12.9. The van der Waals surface area contributed by atoms with Crippen LogP contribution in [-0.2, 0) is 14.1 Å². The highest BCUT2D eigenvalue weighted by Crippen LogP contribution is 2.65. The summed E-state index contributed by atoms with van der Waals surface area (Å²) in [7, 11) is -0.255. The molecule has 3 saturated heterocycles. The van der Waals surface area contributed by atoms with E-state index in [-0.39, 0.29) is 30.7 Å². The van der Waals surface area contributed by atoms with E-state index in [0.717, 1.165) is 51.2 Å². The molecule has 1 amide bonds. The summed E-state index contributed by atoms with van der Waals surface area (Å²) in [6.45, 7) is 10.3. The number of hydrogen-bond acceptors (Lipinski definition) is 5. The summed E-state index contributed by atoms with van der Waals surface area (Å²) in [5.41, 5.74) is 0.169. The van der Waals surface area contributed by atoms with E-state index in [4.69, 9.17) is 9.31 Å². The van der Waals surface area contributed by atoms with Gasteiger partial charge in [0.05, 0.1) is 24.2 Å². The van der Waals surface area contributed by atoms with Gasteiger partial charge in [-0.3, -0.25) is 4.79 Å². The van der Waals surface area contributed by atoms with Crippen LogP contribution in [0.5, 0.6) is 0 Å². The lowest BCUT2D eigenvalue weighted by Crippen LogP contribution is -2.65. The molecular formula is C20H34BN3O3. The zero-order valence-corrected chi connectivity index (χ0v) is 17.0. The van der Waals surface area contributed by atoms with Gasteiger partial charge in [0.1, 0.15) is 0 Å². The van der Waals surface area contributed by atoms with E-state index in [2.05, 4.69) is 31.4 Å². The van der Waals surface area contributed by atoms with Crippen LogP contribution in [0.4, 0.5) is 0 Å². The molecule has 0 unspecified atom stereocenters. The van der Waals surface area contributed by atoms with Crippen molar-refractivity contribution in [1.82, 2.24) is 15.5 Å². The van der Waals surface area contributed by atoms with E-state index in [9.17, 15) is 4.79 Å². The van der Waals surface area contributed by atoms with Crippen molar-refractivity contribution in [3.8, 4) is 0 Å². The SMILES string of the molecule is CC1(C)[C@@H]2C[C@H]3OB([C@@H]4CCCN4C(=O)CN[C@@H]4CCNC4)O[C@@]3(C)[C@H]1C2. The largest absolute Gasteiger partial charge is 0.481 e. The lowest BCUT2D eigenvalue weighted by atomic mass is 9.43. The Hall–Kier alpha value is -0.625. The van der Waals surface area contributed by atoms with Gasteiger partial charge < -0.3 is 24.8 Å². The first kappa shape index (κ1) is 18.4. The molecule has 6 aliphatic rings. The fourth-order valence-electron chi connectivity index (χ4n) is 6.61. The minimum Gasteiger partial charge on any atom is -0.404 e. The molecule has 150 valence electrons. The fourth-order valence-corrected chi connectivity index (χ4v) is 6.61. The van der Waals surface area contributed by atoms with Gasteiger partial charge in [-0.1, -0.05) is 13.8 Å². The van der Waals surface area contributed by atoms with Gasteiger partial charge in [-0.2, -0.15) is 0 Å². The van der Waals surface area contributed by atoms with Gasteiger partial charge in [-0.15, -0.1) is 0 Å². The number of rotatable bonds is 4. The number of likely N-dealkylation sites (tertiary alicyclic amines) is 1. The summed E-state index contributed by atoms with van der Waals surface area (Å²) in [4.78, 5) is 14.9.